The number of ketones is 1. The Morgan fingerprint density at radius 3 is 2.71 bits per heavy atom. The van der Waals surface area contributed by atoms with E-state index in [9.17, 15) is 14.4 Å². The molecule has 0 radical (unpaired) electrons. The van der Waals surface area contributed by atoms with E-state index in [1.165, 1.54) is 18.6 Å². The summed E-state index contributed by atoms with van der Waals surface area (Å²) in [6.45, 7) is 3.35. The van der Waals surface area contributed by atoms with Crippen molar-refractivity contribution in [1.82, 2.24) is 20.1 Å². The molecule has 3 heterocycles. The maximum atomic E-state index is 13.7. The van der Waals surface area contributed by atoms with Crippen LogP contribution in [0.2, 0.25) is 5.82 Å². The minimum atomic E-state index is -2.03. The van der Waals surface area contributed by atoms with Crippen LogP contribution in [0.1, 0.15) is 42.7 Å². The summed E-state index contributed by atoms with van der Waals surface area (Å²) >= 11 is 0. The van der Waals surface area contributed by atoms with Crippen LogP contribution in [0.5, 0.6) is 0 Å². The molecule has 3 atom stereocenters. The number of benzene rings is 1. The van der Waals surface area contributed by atoms with E-state index in [4.69, 9.17) is 9.31 Å². The lowest BCUT2D eigenvalue weighted by Gasteiger charge is -2.43. The van der Waals surface area contributed by atoms with Gasteiger partial charge in [0.15, 0.2) is 5.78 Å². The van der Waals surface area contributed by atoms with E-state index in [2.05, 4.69) is 29.1 Å². The summed E-state index contributed by atoms with van der Waals surface area (Å²) in [6, 6.07) is 8.76. The van der Waals surface area contributed by atoms with Crippen molar-refractivity contribution in [3.05, 3.63) is 60.2 Å². The molecule has 10 heteroatoms. The molecule has 1 aromatic heterocycles. The largest absolute Gasteiger partial charge is 0.652 e. The van der Waals surface area contributed by atoms with Crippen molar-refractivity contribution in [3.63, 3.8) is 0 Å². The second-order valence-corrected chi connectivity index (χ2v) is 9.43. The lowest BCUT2D eigenvalue weighted by Crippen LogP contribution is -2.53. The van der Waals surface area contributed by atoms with Crippen LogP contribution >= 0.6 is 0 Å². The molecular weight excluding hydrogens is 435 g/mol. The van der Waals surface area contributed by atoms with Gasteiger partial charge in [-0.05, 0) is 30.9 Å². The predicted molar refractivity (Wildman–Crippen MR) is 126 cm³/mol. The van der Waals surface area contributed by atoms with Crippen molar-refractivity contribution in [3.8, 4) is 0 Å². The van der Waals surface area contributed by atoms with E-state index in [0.717, 1.165) is 5.56 Å². The Hall–Kier alpha value is -3.11. The molecule has 1 unspecified atom stereocenters. The lowest BCUT2D eigenvalue weighted by molar-refractivity contribution is -0.133. The minimum Gasteiger partial charge on any atom is -0.652 e. The first kappa shape index (κ1) is 24.0. The van der Waals surface area contributed by atoms with Crippen LogP contribution in [-0.2, 0) is 25.3 Å². The third kappa shape index (κ3) is 5.34. The zero-order chi connectivity index (χ0) is 24.1. The van der Waals surface area contributed by atoms with Crippen molar-refractivity contribution in [1.29, 1.82) is 0 Å². The normalized spacial score (nSPS) is 21.7. The first-order valence-corrected chi connectivity index (χ1v) is 11.8. The average Bonchev–Trinajstić information content (AvgIpc) is 3.36. The molecule has 2 aromatic rings. The van der Waals surface area contributed by atoms with Gasteiger partial charge >= 0.3 is 6.69 Å². The molecule has 0 spiro atoms. The Morgan fingerprint density at radius 2 is 2.00 bits per heavy atom. The number of carbonyl (C=O) groups excluding carboxylic acids is 3. The van der Waals surface area contributed by atoms with Crippen molar-refractivity contribution >= 4 is 24.3 Å². The molecule has 0 aliphatic carbocycles. The fourth-order valence-electron chi connectivity index (χ4n) is 5.01. The third-order valence-electron chi connectivity index (χ3n) is 6.48. The van der Waals surface area contributed by atoms with Crippen LogP contribution in [0.25, 0.3) is 0 Å². The number of aromatic nitrogens is 2. The van der Waals surface area contributed by atoms with Gasteiger partial charge in [-0.1, -0.05) is 56.4 Å². The van der Waals surface area contributed by atoms with Gasteiger partial charge in [0.05, 0.1) is 18.8 Å². The van der Waals surface area contributed by atoms with E-state index in [-0.39, 0.29) is 42.1 Å². The maximum Gasteiger partial charge on any atom is 0.378 e. The fraction of sp³-hybridized carbons (Fsp3) is 0.458. The van der Waals surface area contributed by atoms with Crippen molar-refractivity contribution in [2.75, 3.05) is 19.7 Å². The minimum absolute atomic E-state index is 0.125. The Kier molecular flexibility index (Phi) is 7.38. The van der Waals surface area contributed by atoms with Gasteiger partial charge in [0.1, 0.15) is 5.69 Å². The SMILES string of the molecule is CC(C)C[C@H](CC(=O)[C@H](Cc1ccccc1)NC(=O)c1cnccn1)[B-]12OCCN1CC(=O)O2. The Labute approximate surface area is 199 Å². The monoisotopic (exact) mass is 465 g/mol. The number of hydrogen-bond donors (Lipinski definition) is 1. The molecule has 2 fully saturated rings. The van der Waals surface area contributed by atoms with Crippen molar-refractivity contribution < 1.29 is 23.7 Å². The summed E-state index contributed by atoms with van der Waals surface area (Å²) in [5.41, 5.74) is 1.07. The van der Waals surface area contributed by atoms with Crippen molar-refractivity contribution in [2.24, 2.45) is 5.92 Å². The molecule has 2 aliphatic rings. The first-order valence-electron chi connectivity index (χ1n) is 11.8. The number of nitrogens with zero attached hydrogens (tertiary/aromatic N) is 3. The summed E-state index contributed by atoms with van der Waals surface area (Å²) < 4.78 is 11.8. The van der Waals surface area contributed by atoms with Crippen LogP contribution in [0.4, 0.5) is 0 Å². The van der Waals surface area contributed by atoms with Crippen LogP contribution < -0.4 is 5.32 Å². The number of hydrogen-bond acceptors (Lipinski definition) is 8. The third-order valence-corrected chi connectivity index (χ3v) is 6.48. The van der Waals surface area contributed by atoms with Gasteiger partial charge in [0, 0.05) is 19.0 Å². The summed E-state index contributed by atoms with van der Waals surface area (Å²) in [5.74, 6) is -0.953. The smallest absolute Gasteiger partial charge is 0.378 e. The summed E-state index contributed by atoms with van der Waals surface area (Å²) in [7, 11) is 0. The highest BCUT2D eigenvalue weighted by atomic mass is 16.7. The van der Waals surface area contributed by atoms with Crippen LogP contribution in [0, 0.1) is 5.92 Å². The second-order valence-electron chi connectivity index (χ2n) is 9.43. The summed E-state index contributed by atoms with van der Waals surface area (Å²) in [6.07, 6.45) is 5.41. The highest BCUT2D eigenvalue weighted by Gasteiger charge is 2.52. The van der Waals surface area contributed by atoms with Gasteiger partial charge in [-0.15, -0.1) is 0 Å². The quantitative estimate of drug-likeness (QED) is 0.531. The van der Waals surface area contributed by atoms with Gasteiger partial charge < -0.3 is 19.4 Å². The molecule has 4 rings (SSSR count). The van der Waals surface area contributed by atoms with Crippen LogP contribution in [0.3, 0.4) is 0 Å². The molecular formula is C24H30BN4O5-. The molecule has 34 heavy (non-hydrogen) atoms. The van der Waals surface area contributed by atoms with Gasteiger partial charge in [-0.2, -0.15) is 0 Å². The number of nitrogens with one attached hydrogen (secondary N) is 1. The number of amides is 1. The molecule has 9 nitrogen and oxygen atoms in total. The maximum absolute atomic E-state index is 13.7. The molecule has 1 N–H and O–H groups in total. The van der Waals surface area contributed by atoms with E-state index in [0.29, 0.717) is 26.0 Å². The topological polar surface area (TPSA) is 111 Å². The Bertz CT molecular complexity index is 1020. The fourth-order valence-corrected chi connectivity index (χ4v) is 5.01. The summed E-state index contributed by atoms with van der Waals surface area (Å²) in [4.78, 5) is 48.6. The van der Waals surface area contributed by atoms with Crippen LogP contribution in [-0.4, -0.2) is 64.9 Å². The highest BCUT2D eigenvalue weighted by molar-refractivity contribution is 6.70. The van der Waals surface area contributed by atoms with Gasteiger partial charge in [-0.25, -0.2) is 4.98 Å². The van der Waals surface area contributed by atoms with Crippen molar-refractivity contribution in [2.45, 2.75) is 45.0 Å². The molecule has 2 aliphatic heterocycles. The number of Topliss-reactive ketones (excluding diaryl/α,β-unsaturated/α-hetero) is 1. The average molecular weight is 465 g/mol. The Morgan fingerprint density at radius 1 is 1.21 bits per heavy atom. The molecule has 2 saturated heterocycles. The van der Waals surface area contributed by atoms with Gasteiger partial charge in [0.25, 0.3) is 11.9 Å². The van der Waals surface area contributed by atoms with Gasteiger partial charge in [0.2, 0.25) is 0 Å². The van der Waals surface area contributed by atoms with E-state index in [1.54, 1.807) is 0 Å². The summed E-state index contributed by atoms with van der Waals surface area (Å²) in [5, 5.41) is 2.85. The lowest BCUT2D eigenvalue weighted by atomic mass is 9.53. The standard InChI is InChI=1S/C24H30BN4O5/c1-17(2)12-19(25-29(10-11-33-25)16-23(31)34-25)14-22(30)20(13-18-6-4-3-5-7-18)28-24(32)21-15-26-8-9-27-21/h3-9,15,17,19-20H,10-14,16H2,1-2H3,(H,28,32)/q-1/t19-,20+,25?/m1/s1. The highest BCUT2D eigenvalue weighted by Crippen LogP contribution is 2.42. The zero-order valence-corrected chi connectivity index (χ0v) is 19.6. The van der Waals surface area contributed by atoms with Crippen LogP contribution in [0.15, 0.2) is 48.9 Å². The molecule has 1 amide bonds. The van der Waals surface area contributed by atoms with E-state index in [1.807, 2.05) is 35.1 Å². The van der Waals surface area contributed by atoms with E-state index >= 15 is 0 Å². The molecule has 180 valence electrons. The van der Waals surface area contributed by atoms with E-state index < -0.39 is 18.6 Å². The molecule has 0 saturated carbocycles. The number of rotatable bonds is 10. The number of carbonyl (C=O) groups is 3. The molecule has 1 aromatic carbocycles. The van der Waals surface area contributed by atoms with Gasteiger partial charge in [-0.3, -0.25) is 19.4 Å². The zero-order valence-electron chi connectivity index (χ0n) is 19.6. The second kappa shape index (κ2) is 10.4. The Balaban J connectivity index is 1.57. The first-order chi connectivity index (χ1) is 16.4. The molecule has 0 bridgehead atoms. The predicted octanol–water partition coefficient (Wildman–Crippen LogP) is 2.02. The number of fused-ring (bicyclic) bond motifs is 1.